The number of hydrogen-bond acceptors (Lipinski definition) is 4. The van der Waals surface area contributed by atoms with Crippen molar-refractivity contribution >= 4 is 66.6 Å². The molecule has 1 rings (SSSR count). The Bertz CT molecular complexity index is 396. The van der Waals surface area contributed by atoms with Crippen LogP contribution in [-0.4, -0.2) is 35.3 Å². The van der Waals surface area contributed by atoms with Gasteiger partial charge in [0.15, 0.2) is 0 Å². The van der Waals surface area contributed by atoms with Gasteiger partial charge in [0, 0.05) is 23.7 Å². The first-order valence-electron chi connectivity index (χ1n) is 5.03. The van der Waals surface area contributed by atoms with Gasteiger partial charge in [-0.25, -0.2) is 0 Å². The lowest BCUT2D eigenvalue weighted by atomic mass is 10.1. The highest BCUT2D eigenvalue weighted by atomic mass is 79.9. The summed E-state index contributed by atoms with van der Waals surface area (Å²) in [7, 11) is 0. The van der Waals surface area contributed by atoms with E-state index in [1.807, 2.05) is 0 Å². The third-order valence-corrected chi connectivity index (χ3v) is 3.60. The van der Waals surface area contributed by atoms with E-state index in [2.05, 4.69) is 42.5 Å². The van der Waals surface area contributed by atoms with Gasteiger partial charge in [0.25, 0.3) is 0 Å². The Kier molecular flexibility index (Phi) is 6.70. The molecule has 0 unspecified atom stereocenters. The maximum absolute atomic E-state index is 11.9. The largest absolute Gasteiger partial charge is 0.380 e. The zero-order chi connectivity index (χ0) is 13.7. The number of rotatable bonds is 6. The molecular formula is C10H10Br2Cl2N2O2. The standard InChI is InChI=1S/C10H10Br2Cl2N2O2/c11-1-3-15-7-5(13)10(18)8(16-4-2-12)6(14)9(7)17/h15-16H,1-4H2. The van der Waals surface area contributed by atoms with Crippen LogP contribution in [0, 0.1) is 0 Å². The molecule has 0 aromatic rings. The predicted molar refractivity (Wildman–Crippen MR) is 79.4 cm³/mol. The number of carbonyl (C=O) groups excluding carboxylic acids is 2. The molecule has 0 aliphatic heterocycles. The van der Waals surface area contributed by atoms with Crippen LogP contribution in [0.2, 0.25) is 0 Å². The van der Waals surface area contributed by atoms with Crippen molar-refractivity contribution in [3.8, 4) is 0 Å². The zero-order valence-corrected chi connectivity index (χ0v) is 13.8. The summed E-state index contributed by atoms with van der Waals surface area (Å²) in [6, 6.07) is 0. The van der Waals surface area contributed by atoms with Crippen molar-refractivity contribution in [2.75, 3.05) is 23.7 Å². The minimum absolute atomic E-state index is 0.0514. The average molecular weight is 421 g/mol. The fourth-order valence-corrected chi connectivity index (χ4v) is 2.20. The molecule has 18 heavy (non-hydrogen) atoms. The molecule has 0 amide bonds. The number of Topliss-reactive ketones (excluding diaryl/α,β-unsaturated/α-hetero) is 2. The summed E-state index contributed by atoms with van der Waals surface area (Å²) in [6.07, 6.45) is 0. The highest BCUT2D eigenvalue weighted by Crippen LogP contribution is 2.26. The Morgan fingerprint density at radius 3 is 1.44 bits per heavy atom. The van der Waals surface area contributed by atoms with Crippen LogP contribution in [0.5, 0.6) is 0 Å². The molecule has 0 aromatic carbocycles. The molecule has 0 bridgehead atoms. The van der Waals surface area contributed by atoms with Gasteiger partial charge in [-0.15, -0.1) is 0 Å². The topological polar surface area (TPSA) is 58.2 Å². The van der Waals surface area contributed by atoms with E-state index >= 15 is 0 Å². The van der Waals surface area contributed by atoms with Gasteiger partial charge in [-0.1, -0.05) is 55.1 Å². The SMILES string of the molecule is O=C1C(Cl)=C(NCCBr)C(=O)C(Cl)=C1NCCBr. The molecule has 0 saturated heterocycles. The van der Waals surface area contributed by atoms with Crippen LogP contribution < -0.4 is 10.6 Å². The molecule has 1 aliphatic carbocycles. The van der Waals surface area contributed by atoms with E-state index in [0.717, 1.165) is 0 Å². The minimum Gasteiger partial charge on any atom is -0.380 e. The van der Waals surface area contributed by atoms with E-state index in [0.29, 0.717) is 23.7 Å². The average Bonchev–Trinajstić information content (AvgIpc) is 2.37. The van der Waals surface area contributed by atoms with E-state index in [1.165, 1.54) is 0 Å². The van der Waals surface area contributed by atoms with Gasteiger partial charge in [0.1, 0.15) is 21.5 Å². The maximum atomic E-state index is 11.9. The van der Waals surface area contributed by atoms with Gasteiger partial charge < -0.3 is 10.6 Å². The van der Waals surface area contributed by atoms with Crippen molar-refractivity contribution in [2.45, 2.75) is 0 Å². The van der Waals surface area contributed by atoms with Crippen molar-refractivity contribution in [2.24, 2.45) is 0 Å². The molecule has 0 saturated carbocycles. The molecule has 0 spiro atoms. The Labute approximate surface area is 131 Å². The van der Waals surface area contributed by atoms with Crippen molar-refractivity contribution in [3.05, 3.63) is 21.5 Å². The Morgan fingerprint density at radius 2 is 1.17 bits per heavy atom. The summed E-state index contributed by atoms with van der Waals surface area (Å²) < 4.78 is 0. The number of carbonyl (C=O) groups is 2. The number of alkyl halides is 2. The normalized spacial score (nSPS) is 16.4. The molecule has 0 atom stereocenters. The molecule has 0 aromatic heterocycles. The van der Waals surface area contributed by atoms with Crippen LogP contribution in [0.4, 0.5) is 0 Å². The molecule has 1 aliphatic rings. The second-order valence-electron chi connectivity index (χ2n) is 3.27. The molecule has 0 fully saturated rings. The fraction of sp³-hybridized carbons (Fsp3) is 0.400. The number of nitrogens with one attached hydrogen (secondary N) is 2. The van der Waals surface area contributed by atoms with Crippen molar-refractivity contribution in [1.29, 1.82) is 0 Å². The smallest absolute Gasteiger partial charge is 0.224 e. The molecule has 4 nitrogen and oxygen atoms in total. The number of ketones is 2. The highest BCUT2D eigenvalue weighted by Gasteiger charge is 2.32. The third-order valence-electron chi connectivity index (χ3n) is 2.08. The van der Waals surface area contributed by atoms with Crippen molar-refractivity contribution in [1.82, 2.24) is 10.6 Å². The first-order valence-corrected chi connectivity index (χ1v) is 8.03. The van der Waals surface area contributed by atoms with Gasteiger partial charge >= 0.3 is 0 Å². The maximum Gasteiger partial charge on any atom is 0.224 e. The van der Waals surface area contributed by atoms with Crippen molar-refractivity contribution < 1.29 is 9.59 Å². The van der Waals surface area contributed by atoms with E-state index in [9.17, 15) is 9.59 Å². The van der Waals surface area contributed by atoms with Crippen molar-refractivity contribution in [3.63, 3.8) is 0 Å². The number of halogens is 4. The van der Waals surface area contributed by atoms with E-state index < -0.39 is 11.6 Å². The lowest BCUT2D eigenvalue weighted by Gasteiger charge is -2.19. The van der Waals surface area contributed by atoms with Crippen LogP contribution in [0.15, 0.2) is 21.5 Å². The summed E-state index contributed by atoms with van der Waals surface area (Å²) >= 11 is 18.2. The Balaban J connectivity index is 2.99. The highest BCUT2D eigenvalue weighted by molar-refractivity contribution is 9.09. The van der Waals surface area contributed by atoms with Crippen LogP contribution in [0.25, 0.3) is 0 Å². The van der Waals surface area contributed by atoms with Gasteiger partial charge in [0.2, 0.25) is 11.6 Å². The monoisotopic (exact) mass is 418 g/mol. The van der Waals surface area contributed by atoms with E-state index in [1.54, 1.807) is 0 Å². The van der Waals surface area contributed by atoms with Gasteiger partial charge in [0.05, 0.1) is 0 Å². The lowest BCUT2D eigenvalue weighted by molar-refractivity contribution is -0.116. The molecule has 0 radical (unpaired) electrons. The summed E-state index contributed by atoms with van der Waals surface area (Å²) in [5.41, 5.74) is 0.103. The summed E-state index contributed by atoms with van der Waals surface area (Å²) in [5.74, 6) is -0.946. The second kappa shape index (κ2) is 7.53. The number of hydrogen-bond donors (Lipinski definition) is 2. The first-order chi connectivity index (χ1) is 8.54. The van der Waals surface area contributed by atoms with E-state index in [4.69, 9.17) is 23.2 Å². The van der Waals surface area contributed by atoms with Crippen LogP contribution in [0.1, 0.15) is 0 Å². The van der Waals surface area contributed by atoms with Crippen LogP contribution in [-0.2, 0) is 9.59 Å². The zero-order valence-electron chi connectivity index (χ0n) is 9.16. The third kappa shape index (κ3) is 3.50. The molecular weight excluding hydrogens is 411 g/mol. The lowest BCUT2D eigenvalue weighted by Crippen LogP contribution is -2.34. The predicted octanol–water partition coefficient (Wildman–Crippen LogP) is 2.01. The summed E-state index contributed by atoms with van der Waals surface area (Å²) in [4.78, 5) is 23.9. The van der Waals surface area contributed by atoms with E-state index in [-0.39, 0.29) is 21.5 Å². The van der Waals surface area contributed by atoms with Gasteiger partial charge in [-0.2, -0.15) is 0 Å². The van der Waals surface area contributed by atoms with Gasteiger partial charge in [-0.05, 0) is 0 Å². The minimum atomic E-state index is -0.473. The Hall–Kier alpha value is -0.0400. The van der Waals surface area contributed by atoms with Crippen LogP contribution >= 0.6 is 55.1 Å². The van der Waals surface area contributed by atoms with Crippen LogP contribution in [0.3, 0.4) is 0 Å². The molecule has 2 N–H and O–H groups in total. The molecule has 100 valence electrons. The Morgan fingerprint density at radius 1 is 0.833 bits per heavy atom. The molecule has 8 heteroatoms. The number of allylic oxidation sites excluding steroid dienone is 2. The van der Waals surface area contributed by atoms with Gasteiger partial charge in [-0.3, -0.25) is 9.59 Å². The fourth-order valence-electron chi connectivity index (χ4n) is 1.31. The molecule has 0 heterocycles. The quantitative estimate of drug-likeness (QED) is 0.510. The first kappa shape index (κ1) is 16.0. The summed E-state index contributed by atoms with van der Waals surface area (Å²) in [6.45, 7) is 0.942. The second-order valence-corrected chi connectivity index (χ2v) is 5.61. The summed E-state index contributed by atoms with van der Waals surface area (Å²) in [5, 5.41) is 6.54.